The topological polar surface area (TPSA) is 18.5 Å². The zero-order valence-corrected chi connectivity index (χ0v) is 23.9. The van der Waals surface area contributed by atoms with Crippen molar-refractivity contribution in [1.29, 1.82) is 0 Å². The Morgan fingerprint density at radius 1 is 0.684 bits per heavy atom. The van der Waals surface area contributed by atoms with Gasteiger partial charge in [0.1, 0.15) is 0 Å². The van der Waals surface area contributed by atoms with Crippen molar-refractivity contribution >= 4 is 12.6 Å². The molecule has 0 aromatic heterocycles. The Hall–Kier alpha value is -2.36. The monoisotopic (exact) mass is 504 g/mol. The highest BCUT2D eigenvalue weighted by molar-refractivity contribution is 6.62. The average Bonchev–Trinajstić information content (AvgIpc) is 3.29. The van der Waals surface area contributed by atoms with Gasteiger partial charge in [-0.2, -0.15) is 0 Å². The van der Waals surface area contributed by atoms with Gasteiger partial charge in [0.2, 0.25) is 0 Å². The number of rotatable bonds is 2. The van der Waals surface area contributed by atoms with E-state index < -0.39 is 0 Å². The molecule has 0 amide bonds. The maximum atomic E-state index is 6.30. The van der Waals surface area contributed by atoms with Gasteiger partial charge < -0.3 is 9.31 Å². The van der Waals surface area contributed by atoms with Crippen molar-refractivity contribution in [2.45, 2.75) is 83.8 Å². The molecule has 0 radical (unpaired) electrons. The van der Waals surface area contributed by atoms with E-state index in [0.29, 0.717) is 5.92 Å². The van der Waals surface area contributed by atoms with Crippen LogP contribution < -0.4 is 5.46 Å². The van der Waals surface area contributed by atoms with Crippen molar-refractivity contribution in [2.24, 2.45) is 23.7 Å². The molecule has 3 heteroatoms. The standard InChI is InChI=1S/C35H41BO2/c1-22-17-24-19-23(2)35(27(18-22)20-24)31-10-8-7-9-29(31)30-16-13-26(21-32(30)35)25-11-14-28(15-12-25)36-37-33(3,4)34(5,6)38-36/h7-16,21-24,27H,17-20H2,1-6H3. The van der Waals surface area contributed by atoms with Gasteiger partial charge in [-0.25, -0.2) is 0 Å². The van der Waals surface area contributed by atoms with Crippen LogP contribution in [0.15, 0.2) is 66.7 Å². The lowest BCUT2D eigenvalue weighted by Crippen LogP contribution is -2.49. The number of hydrogen-bond donors (Lipinski definition) is 0. The summed E-state index contributed by atoms with van der Waals surface area (Å²) in [4.78, 5) is 0. The summed E-state index contributed by atoms with van der Waals surface area (Å²) in [7, 11) is -0.323. The molecule has 2 bridgehead atoms. The Balaban J connectivity index is 1.29. The summed E-state index contributed by atoms with van der Waals surface area (Å²) in [5.41, 5.74) is 9.24. The summed E-state index contributed by atoms with van der Waals surface area (Å²) >= 11 is 0. The maximum absolute atomic E-state index is 6.30. The zero-order chi connectivity index (χ0) is 26.4. The predicted octanol–water partition coefficient (Wildman–Crippen LogP) is 8.01. The molecular weight excluding hydrogens is 463 g/mol. The Labute approximate surface area is 229 Å². The smallest absolute Gasteiger partial charge is 0.399 e. The van der Waals surface area contributed by atoms with Crippen molar-refractivity contribution < 1.29 is 9.31 Å². The van der Waals surface area contributed by atoms with E-state index in [4.69, 9.17) is 9.31 Å². The molecule has 196 valence electrons. The minimum absolute atomic E-state index is 0.135. The van der Waals surface area contributed by atoms with Crippen LogP contribution in [-0.2, 0) is 14.7 Å². The highest BCUT2D eigenvalue weighted by Crippen LogP contribution is 2.64. The summed E-state index contributed by atoms with van der Waals surface area (Å²) < 4.78 is 12.6. The van der Waals surface area contributed by atoms with Crippen LogP contribution in [0.4, 0.5) is 0 Å². The van der Waals surface area contributed by atoms with Gasteiger partial charge in [-0.1, -0.05) is 74.5 Å². The molecule has 5 unspecified atom stereocenters. The van der Waals surface area contributed by atoms with Crippen LogP contribution in [-0.4, -0.2) is 18.3 Å². The number of benzene rings is 3. The highest BCUT2D eigenvalue weighted by atomic mass is 16.7. The van der Waals surface area contributed by atoms with Gasteiger partial charge in [-0.3, -0.25) is 0 Å². The van der Waals surface area contributed by atoms with Crippen molar-refractivity contribution in [3.05, 3.63) is 77.9 Å². The molecule has 3 fully saturated rings. The molecule has 1 heterocycles. The SMILES string of the molecule is CC1CC2CC(C)C3(c4ccccc4-c4ccc(-c5ccc(B6OC(C)(C)C(C)(C)O6)cc5)cc43)C(C1)C2. The predicted molar refractivity (Wildman–Crippen MR) is 158 cm³/mol. The fourth-order valence-electron chi connectivity index (χ4n) is 8.71. The number of fused-ring (bicyclic) bond motifs is 8. The first kappa shape index (κ1) is 24.7. The first-order valence-electron chi connectivity index (χ1n) is 14.8. The van der Waals surface area contributed by atoms with Crippen molar-refractivity contribution in [2.75, 3.05) is 0 Å². The Bertz CT molecular complexity index is 1370. The van der Waals surface area contributed by atoms with E-state index in [1.807, 2.05) is 0 Å². The molecule has 5 atom stereocenters. The lowest BCUT2D eigenvalue weighted by atomic mass is 9.49. The average molecular weight is 505 g/mol. The van der Waals surface area contributed by atoms with Gasteiger partial charge in [-0.05, 0) is 122 Å². The molecule has 1 spiro atoms. The van der Waals surface area contributed by atoms with Crippen LogP contribution in [0.1, 0.15) is 78.4 Å². The first-order valence-corrected chi connectivity index (χ1v) is 14.8. The Morgan fingerprint density at radius 3 is 2.08 bits per heavy atom. The quantitative estimate of drug-likeness (QED) is 0.329. The van der Waals surface area contributed by atoms with E-state index in [1.165, 1.54) is 47.9 Å². The zero-order valence-electron chi connectivity index (χ0n) is 23.9. The van der Waals surface area contributed by atoms with Crippen LogP contribution in [0, 0.1) is 23.7 Å². The van der Waals surface area contributed by atoms with Crippen LogP contribution in [0.3, 0.4) is 0 Å². The molecule has 1 aliphatic heterocycles. The molecule has 2 saturated carbocycles. The van der Waals surface area contributed by atoms with E-state index in [-0.39, 0.29) is 23.7 Å². The second-order valence-corrected chi connectivity index (χ2v) is 13.9. The molecule has 3 aromatic carbocycles. The van der Waals surface area contributed by atoms with Gasteiger partial charge in [-0.15, -0.1) is 0 Å². The largest absolute Gasteiger partial charge is 0.494 e. The van der Waals surface area contributed by atoms with Crippen LogP contribution in [0.25, 0.3) is 22.3 Å². The molecular formula is C35H41BO2. The third kappa shape index (κ3) is 3.40. The molecule has 0 N–H and O–H groups in total. The molecule has 1 saturated heterocycles. The normalized spacial score (nSPS) is 32.3. The minimum Gasteiger partial charge on any atom is -0.399 e. The lowest BCUT2D eigenvalue weighted by Gasteiger charge is -2.54. The summed E-state index contributed by atoms with van der Waals surface area (Å²) in [5.74, 6) is 3.10. The fraction of sp³-hybridized carbons (Fsp3) is 0.486. The lowest BCUT2D eigenvalue weighted by molar-refractivity contribution is 0.00578. The van der Waals surface area contributed by atoms with Crippen LogP contribution >= 0.6 is 0 Å². The second kappa shape index (κ2) is 8.32. The van der Waals surface area contributed by atoms with E-state index in [9.17, 15) is 0 Å². The van der Waals surface area contributed by atoms with Gasteiger partial charge in [0.15, 0.2) is 0 Å². The number of hydrogen-bond acceptors (Lipinski definition) is 2. The van der Waals surface area contributed by atoms with Crippen molar-refractivity contribution in [3.8, 4) is 22.3 Å². The fourth-order valence-corrected chi connectivity index (χ4v) is 8.71. The molecule has 2 nitrogen and oxygen atoms in total. The second-order valence-electron chi connectivity index (χ2n) is 13.9. The van der Waals surface area contributed by atoms with Crippen LogP contribution in [0.5, 0.6) is 0 Å². The van der Waals surface area contributed by atoms with E-state index >= 15 is 0 Å². The van der Waals surface area contributed by atoms with E-state index in [2.05, 4.69) is 108 Å². The van der Waals surface area contributed by atoms with Crippen LogP contribution in [0.2, 0.25) is 0 Å². The van der Waals surface area contributed by atoms with Crippen molar-refractivity contribution in [3.63, 3.8) is 0 Å². The minimum atomic E-state index is -0.327. The molecule has 3 aromatic rings. The van der Waals surface area contributed by atoms with Gasteiger partial charge >= 0.3 is 7.12 Å². The third-order valence-corrected chi connectivity index (χ3v) is 11.0. The first-order chi connectivity index (χ1) is 18.1. The highest BCUT2D eigenvalue weighted by Gasteiger charge is 2.56. The summed E-state index contributed by atoms with van der Waals surface area (Å²) in [6.07, 6.45) is 5.50. The van der Waals surface area contributed by atoms with Gasteiger partial charge in [0.05, 0.1) is 11.2 Å². The molecule has 7 rings (SSSR count). The summed E-state index contributed by atoms with van der Waals surface area (Å²) in [5, 5.41) is 0. The van der Waals surface area contributed by atoms with Crippen molar-refractivity contribution in [1.82, 2.24) is 0 Å². The van der Waals surface area contributed by atoms with E-state index in [1.54, 1.807) is 11.1 Å². The maximum Gasteiger partial charge on any atom is 0.494 e. The third-order valence-electron chi connectivity index (χ3n) is 11.0. The van der Waals surface area contributed by atoms with E-state index in [0.717, 1.165) is 23.2 Å². The Kier molecular flexibility index (Phi) is 5.40. The summed E-state index contributed by atoms with van der Waals surface area (Å²) in [6.45, 7) is 13.5. The Morgan fingerprint density at radius 2 is 1.34 bits per heavy atom. The molecule has 4 aliphatic rings. The summed E-state index contributed by atoms with van der Waals surface area (Å²) in [6, 6.07) is 25.5. The van der Waals surface area contributed by atoms with Gasteiger partial charge in [0.25, 0.3) is 0 Å². The van der Waals surface area contributed by atoms with Gasteiger partial charge in [0, 0.05) is 5.41 Å². The molecule has 3 aliphatic carbocycles. The molecule has 38 heavy (non-hydrogen) atoms.